The Morgan fingerprint density at radius 1 is 1.14 bits per heavy atom. The van der Waals surface area contributed by atoms with Crippen LogP contribution in [0.4, 0.5) is 14.5 Å². The number of anilines is 1. The van der Waals surface area contributed by atoms with Crippen molar-refractivity contribution in [2.24, 2.45) is 0 Å². The highest BCUT2D eigenvalue weighted by molar-refractivity contribution is 5.96. The van der Waals surface area contributed by atoms with Gasteiger partial charge in [-0.2, -0.15) is 0 Å². The third-order valence-electron chi connectivity index (χ3n) is 3.54. The first-order valence-corrected chi connectivity index (χ1v) is 6.69. The summed E-state index contributed by atoms with van der Waals surface area (Å²) in [4.78, 5) is 12.4. The van der Waals surface area contributed by atoms with Gasteiger partial charge in [0.05, 0.1) is 5.92 Å². The van der Waals surface area contributed by atoms with Gasteiger partial charge in [0.2, 0.25) is 5.91 Å². The largest absolute Gasteiger partial charge is 0.325 e. The number of fused-ring (bicyclic) bond motifs is 1. The monoisotopic (exact) mass is 288 g/mol. The molecule has 2 aromatic carbocycles. The second kappa shape index (κ2) is 5.61. The average Bonchev–Trinajstić information content (AvgIpc) is 2.45. The molecule has 2 N–H and O–H groups in total. The van der Waals surface area contributed by atoms with Crippen LogP contribution in [0.3, 0.4) is 0 Å². The van der Waals surface area contributed by atoms with Gasteiger partial charge in [-0.05, 0) is 23.3 Å². The van der Waals surface area contributed by atoms with E-state index in [-0.39, 0.29) is 17.5 Å². The van der Waals surface area contributed by atoms with Gasteiger partial charge in [0, 0.05) is 24.8 Å². The van der Waals surface area contributed by atoms with E-state index in [1.165, 1.54) is 0 Å². The van der Waals surface area contributed by atoms with Crippen molar-refractivity contribution in [2.75, 3.05) is 11.9 Å². The minimum atomic E-state index is -0.715. The number of hydrogen-bond donors (Lipinski definition) is 2. The lowest BCUT2D eigenvalue weighted by Gasteiger charge is -2.25. The maximum atomic E-state index is 13.2. The smallest absolute Gasteiger partial charge is 0.233 e. The summed E-state index contributed by atoms with van der Waals surface area (Å²) in [5.74, 6) is -2.08. The minimum Gasteiger partial charge on any atom is -0.325 e. The molecule has 1 atom stereocenters. The van der Waals surface area contributed by atoms with Gasteiger partial charge in [0.15, 0.2) is 0 Å². The van der Waals surface area contributed by atoms with E-state index < -0.39 is 11.6 Å². The van der Waals surface area contributed by atoms with Gasteiger partial charge >= 0.3 is 0 Å². The predicted molar refractivity (Wildman–Crippen MR) is 75.9 cm³/mol. The van der Waals surface area contributed by atoms with E-state index in [2.05, 4.69) is 10.6 Å². The molecule has 0 saturated carbocycles. The molecule has 108 valence electrons. The lowest BCUT2D eigenvalue weighted by atomic mass is 9.90. The minimum absolute atomic E-state index is 0.126. The fraction of sp³-hybridized carbons (Fsp3) is 0.188. The first kappa shape index (κ1) is 13.7. The summed E-state index contributed by atoms with van der Waals surface area (Å²) < 4.78 is 26.3. The molecule has 0 spiro atoms. The highest BCUT2D eigenvalue weighted by atomic mass is 19.1. The van der Waals surface area contributed by atoms with Crippen molar-refractivity contribution < 1.29 is 13.6 Å². The van der Waals surface area contributed by atoms with E-state index in [1.807, 2.05) is 24.3 Å². The first-order valence-electron chi connectivity index (χ1n) is 6.69. The van der Waals surface area contributed by atoms with Crippen LogP contribution in [0.2, 0.25) is 0 Å². The summed E-state index contributed by atoms with van der Waals surface area (Å²) in [6.45, 7) is 1.22. The molecule has 1 unspecified atom stereocenters. The molecule has 0 fully saturated rings. The van der Waals surface area contributed by atoms with Crippen molar-refractivity contribution in [1.82, 2.24) is 5.32 Å². The van der Waals surface area contributed by atoms with Gasteiger partial charge in [0.25, 0.3) is 0 Å². The molecule has 1 aliphatic heterocycles. The maximum Gasteiger partial charge on any atom is 0.233 e. The van der Waals surface area contributed by atoms with Crippen molar-refractivity contribution in [1.29, 1.82) is 0 Å². The fourth-order valence-electron chi connectivity index (χ4n) is 2.59. The van der Waals surface area contributed by atoms with Gasteiger partial charge in [-0.25, -0.2) is 8.78 Å². The van der Waals surface area contributed by atoms with Crippen molar-refractivity contribution in [3.8, 4) is 0 Å². The van der Waals surface area contributed by atoms with Gasteiger partial charge in [-0.3, -0.25) is 4.79 Å². The van der Waals surface area contributed by atoms with Crippen molar-refractivity contribution in [3.63, 3.8) is 0 Å². The summed E-state index contributed by atoms with van der Waals surface area (Å²) in [6.07, 6.45) is 0. The van der Waals surface area contributed by atoms with Crippen LogP contribution in [-0.2, 0) is 11.3 Å². The molecule has 3 nitrogen and oxygen atoms in total. The molecular weight excluding hydrogens is 274 g/mol. The second-order valence-electron chi connectivity index (χ2n) is 5.03. The number of halogens is 2. The van der Waals surface area contributed by atoms with E-state index in [4.69, 9.17) is 0 Å². The Morgan fingerprint density at radius 2 is 1.86 bits per heavy atom. The molecule has 0 radical (unpaired) electrons. The third kappa shape index (κ3) is 2.92. The first-order chi connectivity index (χ1) is 10.1. The standard InChI is InChI=1S/C16H14F2N2O/c17-11-5-12(18)7-13(6-11)20-16(21)15-9-19-8-10-3-1-2-4-14(10)15/h1-7,15,19H,8-9H2,(H,20,21). The summed E-state index contributed by atoms with van der Waals surface area (Å²) in [5, 5.41) is 5.75. The molecule has 0 aliphatic carbocycles. The summed E-state index contributed by atoms with van der Waals surface area (Å²) >= 11 is 0. The number of rotatable bonds is 2. The van der Waals surface area contributed by atoms with E-state index in [1.54, 1.807) is 0 Å². The van der Waals surface area contributed by atoms with Crippen molar-refractivity contribution in [3.05, 3.63) is 65.2 Å². The topological polar surface area (TPSA) is 41.1 Å². The second-order valence-corrected chi connectivity index (χ2v) is 5.03. The van der Waals surface area contributed by atoms with Gasteiger partial charge in [0.1, 0.15) is 11.6 Å². The summed E-state index contributed by atoms with van der Waals surface area (Å²) in [6, 6.07) is 10.6. The summed E-state index contributed by atoms with van der Waals surface area (Å²) in [5.41, 5.74) is 2.14. The van der Waals surface area contributed by atoms with Crippen LogP contribution >= 0.6 is 0 Å². The molecule has 2 aromatic rings. The average molecular weight is 288 g/mol. The van der Waals surface area contributed by atoms with Crippen molar-refractivity contribution >= 4 is 11.6 Å². The van der Waals surface area contributed by atoms with Crippen molar-refractivity contribution in [2.45, 2.75) is 12.5 Å². The molecular formula is C16H14F2N2O. The normalized spacial score (nSPS) is 17.1. The molecule has 0 bridgehead atoms. The van der Waals surface area contributed by atoms with E-state index in [0.717, 1.165) is 29.3 Å². The molecule has 1 aliphatic rings. The molecule has 5 heteroatoms. The van der Waals surface area contributed by atoms with Crippen LogP contribution in [0.1, 0.15) is 17.0 Å². The van der Waals surface area contributed by atoms with Gasteiger partial charge < -0.3 is 10.6 Å². The molecule has 21 heavy (non-hydrogen) atoms. The lowest BCUT2D eigenvalue weighted by molar-refractivity contribution is -0.117. The van der Waals surface area contributed by atoms with Crippen LogP contribution in [0.5, 0.6) is 0 Å². The zero-order valence-electron chi connectivity index (χ0n) is 11.2. The Balaban J connectivity index is 1.83. The van der Waals surface area contributed by atoms with E-state index in [9.17, 15) is 13.6 Å². The maximum absolute atomic E-state index is 13.2. The zero-order valence-corrected chi connectivity index (χ0v) is 11.2. The lowest BCUT2D eigenvalue weighted by Crippen LogP contribution is -2.35. The number of amides is 1. The summed E-state index contributed by atoms with van der Waals surface area (Å²) in [7, 11) is 0. The SMILES string of the molecule is O=C(Nc1cc(F)cc(F)c1)C1CNCc2ccccc21. The van der Waals surface area contributed by atoms with Crippen LogP contribution in [0, 0.1) is 11.6 Å². The highest BCUT2D eigenvalue weighted by Crippen LogP contribution is 2.25. The molecule has 1 amide bonds. The number of hydrogen-bond acceptors (Lipinski definition) is 2. The Labute approximate surface area is 121 Å². The Hall–Kier alpha value is -2.27. The van der Waals surface area contributed by atoms with Gasteiger partial charge in [-0.15, -0.1) is 0 Å². The van der Waals surface area contributed by atoms with Gasteiger partial charge in [-0.1, -0.05) is 24.3 Å². The number of carbonyl (C=O) groups excluding carboxylic acids is 1. The quantitative estimate of drug-likeness (QED) is 0.892. The molecule has 0 saturated heterocycles. The Bertz CT molecular complexity index is 667. The highest BCUT2D eigenvalue weighted by Gasteiger charge is 2.26. The number of nitrogens with one attached hydrogen (secondary N) is 2. The molecule has 0 aromatic heterocycles. The van der Waals surface area contributed by atoms with E-state index >= 15 is 0 Å². The van der Waals surface area contributed by atoms with Crippen LogP contribution in [0.15, 0.2) is 42.5 Å². The van der Waals surface area contributed by atoms with E-state index in [0.29, 0.717) is 13.1 Å². The number of benzene rings is 2. The third-order valence-corrected chi connectivity index (χ3v) is 3.54. The van der Waals surface area contributed by atoms with Crippen LogP contribution < -0.4 is 10.6 Å². The fourth-order valence-corrected chi connectivity index (χ4v) is 2.59. The molecule has 1 heterocycles. The Kier molecular flexibility index (Phi) is 3.66. The van der Waals surface area contributed by atoms with Crippen LogP contribution in [0.25, 0.3) is 0 Å². The predicted octanol–water partition coefficient (Wildman–Crippen LogP) is 2.79. The zero-order chi connectivity index (χ0) is 14.8. The van der Waals surface area contributed by atoms with Crippen LogP contribution in [-0.4, -0.2) is 12.5 Å². The number of carbonyl (C=O) groups is 1. The molecule has 3 rings (SSSR count). The Morgan fingerprint density at radius 3 is 2.62 bits per heavy atom.